The first-order valence-electron chi connectivity index (χ1n) is 7.96. The van der Waals surface area contributed by atoms with Crippen LogP contribution in [0.4, 0.5) is 0 Å². The number of fused-ring (bicyclic) bond motifs is 2. The van der Waals surface area contributed by atoms with Crippen LogP contribution in [-0.2, 0) is 10.3 Å². The summed E-state index contributed by atoms with van der Waals surface area (Å²) >= 11 is 0. The lowest BCUT2D eigenvalue weighted by Gasteiger charge is -2.32. The molecule has 0 radical (unpaired) electrons. The third-order valence-corrected chi connectivity index (χ3v) is 5.52. The summed E-state index contributed by atoms with van der Waals surface area (Å²) in [6, 6.07) is 1.20. The van der Waals surface area contributed by atoms with Crippen LogP contribution >= 0.6 is 0 Å². The topological polar surface area (TPSA) is 60.2 Å². The first-order chi connectivity index (χ1) is 9.81. The smallest absolute Gasteiger partial charge is 0.231 e. The standard InChI is InChI=1S/C15H23N3O2/c1-19-15(7-3-2-4-8-15)14-17-13(20-18-14)11-9-10-5-6-12(11)16-10/h10-12,16H,2-9H2,1H3. The van der Waals surface area contributed by atoms with Crippen LogP contribution in [0.5, 0.6) is 0 Å². The number of hydrogen-bond acceptors (Lipinski definition) is 5. The minimum atomic E-state index is -0.301. The van der Waals surface area contributed by atoms with Crippen molar-refractivity contribution in [3.63, 3.8) is 0 Å². The first-order valence-corrected chi connectivity index (χ1v) is 7.96. The molecule has 0 amide bonds. The summed E-state index contributed by atoms with van der Waals surface area (Å²) in [7, 11) is 1.78. The summed E-state index contributed by atoms with van der Waals surface area (Å²) in [6.07, 6.45) is 9.36. The van der Waals surface area contributed by atoms with Crippen LogP contribution in [0, 0.1) is 0 Å². The van der Waals surface area contributed by atoms with Gasteiger partial charge in [-0.2, -0.15) is 4.98 Å². The largest absolute Gasteiger partial charge is 0.370 e. The molecule has 1 aromatic heterocycles. The minimum Gasteiger partial charge on any atom is -0.370 e. The zero-order valence-electron chi connectivity index (χ0n) is 12.1. The van der Waals surface area contributed by atoms with Crippen LogP contribution in [-0.4, -0.2) is 29.3 Å². The second-order valence-electron chi connectivity index (χ2n) is 6.60. The highest BCUT2D eigenvalue weighted by molar-refractivity contribution is 5.12. The maximum absolute atomic E-state index is 5.80. The van der Waals surface area contributed by atoms with E-state index in [1.54, 1.807) is 7.11 Å². The summed E-state index contributed by atoms with van der Waals surface area (Å²) < 4.78 is 11.4. The van der Waals surface area contributed by atoms with Gasteiger partial charge in [0, 0.05) is 19.2 Å². The molecule has 3 fully saturated rings. The molecular weight excluding hydrogens is 254 g/mol. The number of aromatic nitrogens is 2. The highest BCUT2D eigenvalue weighted by atomic mass is 16.5. The van der Waals surface area contributed by atoms with Crippen molar-refractivity contribution in [2.75, 3.05) is 7.11 Å². The molecule has 3 aliphatic rings. The van der Waals surface area contributed by atoms with Gasteiger partial charge in [0.1, 0.15) is 5.60 Å². The van der Waals surface area contributed by atoms with E-state index in [2.05, 4.69) is 10.5 Å². The van der Waals surface area contributed by atoms with Crippen molar-refractivity contribution in [2.45, 2.75) is 75.0 Å². The lowest BCUT2D eigenvalue weighted by molar-refractivity contribution is -0.0527. The molecule has 2 aliphatic heterocycles. The maximum atomic E-state index is 5.80. The molecule has 5 nitrogen and oxygen atoms in total. The molecule has 3 unspecified atom stereocenters. The van der Waals surface area contributed by atoms with Gasteiger partial charge in [-0.3, -0.25) is 0 Å². The second-order valence-corrected chi connectivity index (χ2v) is 6.60. The van der Waals surface area contributed by atoms with E-state index in [0.717, 1.165) is 31.0 Å². The Kier molecular flexibility index (Phi) is 3.07. The molecule has 1 saturated carbocycles. The lowest BCUT2D eigenvalue weighted by Crippen LogP contribution is -2.32. The van der Waals surface area contributed by atoms with Gasteiger partial charge in [0.05, 0.1) is 5.92 Å². The Morgan fingerprint density at radius 2 is 2.10 bits per heavy atom. The summed E-state index contributed by atoms with van der Waals surface area (Å²) in [5.41, 5.74) is -0.301. The van der Waals surface area contributed by atoms with Crippen LogP contribution in [0.1, 0.15) is 69.0 Å². The van der Waals surface area contributed by atoms with Crippen molar-refractivity contribution in [3.05, 3.63) is 11.7 Å². The van der Waals surface area contributed by atoms with Crippen molar-refractivity contribution in [1.82, 2.24) is 15.5 Å². The van der Waals surface area contributed by atoms with Gasteiger partial charge in [0.2, 0.25) is 11.7 Å². The van der Waals surface area contributed by atoms with E-state index in [-0.39, 0.29) is 5.60 Å². The van der Waals surface area contributed by atoms with E-state index in [1.165, 1.54) is 32.1 Å². The number of rotatable bonds is 3. The van der Waals surface area contributed by atoms with Crippen molar-refractivity contribution in [2.24, 2.45) is 0 Å². The Bertz CT molecular complexity index is 481. The van der Waals surface area contributed by atoms with E-state index < -0.39 is 0 Å². The number of nitrogens with zero attached hydrogens (tertiary/aromatic N) is 2. The third kappa shape index (κ3) is 1.91. The van der Waals surface area contributed by atoms with E-state index >= 15 is 0 Å². The number of hydrogen-bond donors (Lipinski definition) is 1. The second kappa shape index (κ2) is 4.81. The van der Waals surface area contributed by atoms with Crippen molar-refractivity contribution in [1.29, 1.82) is 0 Å². The van der Waals surface area contributed by atoms with Crippen molar-refractivity contribution < 1.29 is 9.26 Å². The average Bonchev–Trinajstić information content (AvgIpc) is 3.23. The Balaban J connectivity index is 1.58. The molecule has 2 bridgehead atoms. The van der Waals surface area contributed by atoms with Gasteiger partial charge in [-0.1, -0.05) is 24.4 Å². The molecule has 0 aromatic carbocycles. The predicted molar refractivity (Wildman–Crippen MR) is 73.4 cm³/mol. The van der Waals surface area contributed by atoms with Gasteiger partial charge >= 0.3 is 0 Å². The van der Waals surface area contributed by atoms with Crippen LogP contribution in [0.3, 0.4) is 0 Å². The Labute approximate surface area is 119 Å². The number of ether oxygens (including phenoxy) is 1. The fourth-order valence-electron chi connectivity index (χ4n) is 4.31. The average molecular weight is 277 g/mol. The molecule has 2 saturated heterocycles. The Morgan fingerprint density at radius 1 is 1.25 bits per heavy atom. The molecule has 4 rings (SSSR count). The monoisotopic (exact) mass is 277 g/mol. The molecule has 1 N–H and O–H groups in total. The molecule has 3 heterocycles. The lowest BCUT2D eigenvalue weighted by atomic mass is 9.84. The van der Waals surface area contributed by atoms with E-state index in [9.17, 15) is 0 Å². The van der Waals surface area contributed by atoms with Gasteiger partial charge in [-0.05, 0) is 32.1 Å². The molecule has 1 aromatic rings. The first kappa shape index (κ1) is 12.8. The maximum Gasteiger partial charge on any atom is 0.231 e. The van der Waals surface area contributed by atoms with Gasteiger partial charge in [0.15, 0.2) is 0 Å². The quantitative estimate of drug-likeness (QED) is 0.919. The van der Waals surface area contributed by atoms with Crippen LogP contribution in [0.2, 0.25) is 0 Å². The van der Waals surface area contributed by atoms with E-state index in [1.807, 2.05) is 0 Å². The van der Waals surface area contributed by atoms with Crippen LogP contribution < -0.4 is 5.32 Å². The Morgan fingerprint density at radius 3 is 2.75 bits per heavy atom. The fourth-order valence-corrected chi connectivity index (χ4v) is 4.31. The molecular formula is C15H23N3O2. The highest BCUT2D eigenvalue weighted by Gasteiger charge is 2.44. The van der Waals surface area contributed by atoms with Gasteiger partial charge in [0.25, 0.3) is 0 Å². The third-order valence-electron chi connectivity index (χ3n) is 5.52. The van der Waals surface area contributed by atoms with E-state index in [4.69, 9.17) is 14.2 Å². The molecule has 110 valence electrons. The van der Waals surface area contributed by atoms with Crippen molar-refractivity contribution in [3.8, 4) is 0 Å². The SMILES string of the molecule is COC1(c2noc(C3CC4CCC3N4)n2)CCCCC1. The van der Waals surface area contributed by atoms with Crippen LogP contribution in [0.15, 0.2) is 4.52 Å². The predicted octanol–water partition coefficient (Wildman–Crippen LogP) is 2.48. The fraction of sp³-hybridized carbons (Fsp3) is 0.867. The molecule has 0 spiro atoms. The van der Waals surface area contributed by atoms with E-state index in [0.29, 0.717) is 18.0 Å². The minimum absolute atomic E-state index is 0.301. The van der Waals surface area contributed by atoms with Gasteiger partial charge < -0.3 is 14.6 Å². The number of methoxy groups -OCH3 is 1. The highest BCUT2D eigenvalue weighted by Crippen LogP contribution is 2.42. The van der Waals surface area contributed by atoms with Crippen LogP contribution in [0.25, 0.3) is 0 Å². The molecule has 20 heavy (non-hydrogen) atoms. The summed E-state index contributed by atoms with van der Waals surface area (Å²) in [4.78, 5) is 4.73. The molecule has 5 heteroatoms. The molecule has 1 aliphatic carbocycles. The normalized spacial score (nSPS) is 35.5. The van der Waals surface area contributed by atoms with Gasteiger partial charge in [-0.25, -0.2) is 0 Å². The van der Waals surface area contributed by atoms with Gasteiger partial charge in [-0.15, -0.1) is 0 Å². The Hall–Kier alpha value is -0.940. The van der Waals surface area contributed by atoms with Crippen molar-refractivity contribution >= 4 is 0 Å². The molecule has 3 atom stereocenters. The zero-order chi connectivity index (χ0) is 13.6. The summed E-state index contributed by atoms with van der Waals surface area (Å²) in [5.74, 6) is 2.01. The number of nitrogens with one attached hydrogen (secondary N) is 1. The summed E-state index contributed by atoms with van der Waals surface area (Å²) in [6.45, 7) is 0. The summed E-state index contributed by atoms with van der Waals surface area (Å²) in [5, 5.41) is 7.90. The zero-order valence-corrected chi connectivity index (χ0v) is 12.1.